The summed E-state index contributed by atoms with van der Waals surface area (Å²) in [4.78, 5) is 13.2. The Kier molecular flexibility index (Phi) is 5.46. The fourth-order valence-corrected chi connectivity index (χ4v) is 1.60. The van der Waals surface area contributed by atoms with Crippen molar-refractivity contribution in [3.63, 3.8) is 0 Å². The van der Waals surface area contributed by atoms with Gasteiger partial charge in [-0.2, -0.15) is 0 Å². The molecule has 94 valence electrons. The summed E-state index contributed by atoms with van der Waals surface area (Å²) in [7, 11) is 0. The van der Waals surface area contributed by atoms with E-state index in [1.807, 2.05) is 17.9 Å². The van der Waals surface area contributed by atoms with E-state index in [2.05, 4.69) is 0 Å². The molecular weight excluding hydrogens is 221 g/mol. The van der Waals surface area contributed by atoms with E-state index in [1.54, 1.807) is 13.0 Å². The molecule has 0 fully saturated rings. The lowest BCUT2D eigenvalue weighted by atomic mass is 10.2. The second-order valence-electron chi connectivity index (χ2n) is 3.61. The van der Waals surface area contributed by atoms with Crippen LogP contribution in [0.5, 0.6) is 0 Å². The monoisotopic (exact) mass is 239 g/mol. The van der Waals surface area contributed by atoms with Crippen LogP contribution >= 0.6 is 0 Å². The first kappa shape index (κ1) is 13.5. The normalized spacial score (nSPS) is 10.1. The molecule has 0 aromatic heterocycles. The van der Waals surface area contributed by atoms with Gasteiger partial charge in [-0.1, -0.05) is 6.07 Å². The second kappa shape index (κ2) is 6.89. The van der Waals surface area contributed by atoms with Crippen molar-refractivity contribution in [2.75, 3.05) is 24.6 Å². The number of anilines is 1. The minimum absolute atomic E-state index is 0.220. The molecule has 1 aromatic carbocycles. The third kappa shape index (κ3) is 4.43. The summed E-state index contributed by atoms with van der Waals surface area (Å²) in [6.07, 6.45) is 0.318. The maximum absolute atomic E-state index is 13.1. The third-order valence-electron chi connectivity index (χ3n) is 2.45. The van der Waals surface area contributed by atoms with E-state index in [0.717, 1.165) is 12.2 Å². The highest BCUT2D eigenvalue weighted by Crippen LogP contribution is 2.15. The molecule has 4 heteroatoms. The zero-order valence-electron chi connectivity index (χ0n) is 10.3. The Balaban J connectivity index is 2.57. The summed E-state index contributed by atoms with van der Waals surface area (Å²) in [5.41, 5.74) is 0.789. The molecular formula is C13H18FNO2. The molecule has 0 aliphatic carbocycles. The van der Waals surface area contributed by atoms with Crippen molar-refractivity contribution >= 4 is 11.7 Å². The van der Waals surface area contributed by atoms with Crippen LogP contribution in [0.2, 0.25) is 0 Å². The van der Waals surface area contributed by atoms with Crippen LogP contribution in [-0.4, -0.2) is 25.7 Å². The summed E-state index contributed by atoms with van der Waals surface area (Å²) in [6.45, 7) is 5.41. The molecule has 0 unspecified atom stereocenters. The smallest absolute Gasteiger partial charge is 0.307 e. The summed E-state index contributed by atoms with van der Waals surface area (Å²) >= 11 is 0. The molecule has 1 aromatic rings. The molecule has 0 radical (unpaired) electrons. The van der Waals surface area contributed by atoms with Crippen LogP contribution in [0.15, 0.2) is 24.3 Å². The van der Waals surface area contributed by atoms with Gasteiger partial charge in [0.15, 0.2) is 0 Å². The molecule has 0 bridgehead atoms. The van der Waals surface area contributed by atoms with Gasteiger partial charge in [0.25, 0.3) is 0 Å². The van der Waals surface area contributed by atoms with Crippen LogP contribution in [0.1, 0.15) is 20.3 Å². The lowest BCUT2D eigenvalue weighted by Crippen LogP contribution is -2.26. The number of ether oxygens (including phenoxy) is 1. The Morgan fingerprint density at radius 2 is 2.18 bits per heavy atom. The van der Waals surface area contributed by atoms with E-state index < -0.39 is 0 Å². The second-order valence-corrected chi connectivity index (χ2v) is 3.61. The van der Waals surface area contributed by atoms with Crippen molar-refractivity contribution in [3.05, 3.63) is 30.1 Å². The molecule has 0 heterocycles. The summed E-state index contributed by atoms with van der Waals surface area (Å²) < 4.78 is 17.9. The molecule has 0 saturated heterocycles. The van der Waals surface area contributed by atoms with Gasteiger partial charge in [-0.05, 0) is 32.0 Å². The lowest BCUT2D eigenvalue weighted by molar-refractivity contribution is -0.142. The van der Waals surface area contributed by atoms with Crippen LogP contribution in [0.4, 0.5) is 10.1 Å². The van der Waals surface area contributed by atoms with Crippen molar-refractivity contribution in [1.29, 1.82) is 0 Å². The van der Waals surface area contributed by atoms with Crippen LogP contribution in [0.3, 0.4) is 0 Å². The molecule has 0 N–H and O–H groups in total. The molecule has 0 atom stereocenters. The Hall–Kier alpha value is -1.58. The minimum atomic E-state index is -0.267. The van der Waals surface area contributed by atoms with E-state index in [0.29, 0.717) is 19.6 Å². The molecule has 0 saturated carbocycles. The number of halogens is 1. The zero-order chi connectivity index (χ0) is 12.7. The van der Waals surface area contributed by atoms with Crippen molar-refractivity contribution in [3.8, 4) is 0 Å². The highest BCUT2D eigenvalue weighted by Gasteiger charge is 2.08. The first-order valence-corrected chi connectivity index (χ1v) is 5.83. The number of hydrogen-bond donors (Lipinski definition) is 0. The molecule has 0 amide bonds. The lowest BCUT2D eigenvalue weighted by Gasteiger charge is -2.22. The highest BCUT2D eigenvalue weighted by molar-refractivity contribution is 5.70. The SMILES string of the molecule is CCOC(=O)CCN(CC)c1cccc(F)c1. The van der Waals surface area contributed by atoms with Gasteiger partial charge in [0.2, 0.25) is 0 Å². The maximum Gasteiger partial charge on any atom is 0.307 e. The number of benzene rings is 1. The average Bonchev–Trinajstić information content (AvgIpc) is 2.30. The number of nitrogens with zero attached hydrogens (tertiary/aromatic N) is 1. The number of rotatable bonds is 6. The van der Waals surface area contributed by atoms with E-state index in [9.17, 15) is 9.18 Å². The fraction of sp³-hybridized carbons (Fsp3) is 0.462. The van der Waals surface area contributed by atoms with Gasteiger partial charge in [-0.25, -0.2) is 4.39 Å². The zero-order valence-corrected chi connectivity index (χ0v) is 10.3. The van der Waals surface area contributed by atoms with Gasteiger partial charge in [0.05, 0.1) is 13.0 Å². The van der Waals surface area contributed by atoms with Crippen LogP contribution in [0, 0.1) is 5.82 Å². The first-order valence-electron chi connectivity index (χ1n) is 5.83. The fourth-order valence-electron chi connectivity index (χ4n) is 1.60. The Labute approximate surface area is 101 Å². The molecule has 0 aliphatic rings. The summed E-state index contributed by atoms with van der Waals surface area (Å²) in [6, 6.07) is 6.37. The maximum atomic E-state index is 13.1. The summed E-state index contributed by atoms with van der Waals surface area (Å²) in [5.74, 6) is -0.487. The van der Waals surface area contributed by atoms with Crippen LogP contribution in [0.25, 0.3) is 0 Å². The number of hydrogen-bond acceptors (Lipinski definition) is 3. The van der Waals surface area contributed by atoms with Crippen molar-refractivity contribution in [2.45, 2.75) is 20.3 Å². The standard InChI is InChI=1S/C13H18FNO2/c1-3-15(9-8-13(16)17-4-2)12-7-5-6-11(14)10-12/h5-7,10H,3-4,8-9H2,1-2H3. The molecule has 0 spiro atoms. The van der Waals surface area contributed by atoms with Gasteiger partial charge in [-0.3, -0.25) is 4.79 Å². The van der Waals surface area contributed by atoms with Gasteiger partial charge < -0.3 is 9.64 Å². The van der Waals surface area contributed by atoms with Gasteiger partial charge >= 0.3 is 5.97 Å². The Morgan fingerprint density at radius 1 is 1.41 bits per heavy atom. The van der Waals surface area contributed by atoms with E-state index in [4.69, 9.17) is 4.74 Å². The largest absolute Gasteiger partial charge is 0.466 e. The minimum Gasteiger partial charge on any atom is -0.466 e. The van der Waals surface area contributed by atoms with Crippen molar-refractivity contribution < 1.29 is 13.9 Å². The van der Waals surface area contributed by atoms with Gasteiger partial charge in [0.1, 0.15) is 5.82 Å². The summed E-state index contributed by atoms with van der Waals surface area (Å²) in [5, 5.41) is 0. The van der Waals surface area contributed by atoms with Gasteiger partial charge in [-0.15, -0.1) is 0 Å². The Bertz CT molecular complexity index is 368. The third-order valence-corrected chi connectivity index (χ3v) is 2.45. The molecule has 3 nitrogen and oxygen atoms in total. The predicted octanol–water partition coefficient (Wildman–Crippen LogP) is 2.61. The molecule has 17 heavy (non-hydrogen) atoms. The van der Waals surface area contributed by atoms with E-state index >= 15 is 0 Å². The predicted molar refractivity (Wildman–Crippen MR) is 65.5 cm³/mol. The first-order chi connectivity index (χ1) is 8.17. The number of carbonyl (C=O) groups excluding carboxylic acids is 1. The van der Waals surface area contributed by atoms with E-state index in [1.165, 1.54) is 12.1 Å². The number of carbonyl (C=O) groups is 1. The van der Waals surface area contributed by atoms with E-state index in [-0.39, 0.29) is 11.8 Å². The highest BCUT2D eigenvalue weighted by atomic mass is 19.1. The van der Waals surface area contributed by atoms with Crippen LogP contribution < -0.4 is 4.90 Å². The van der Waals surface area contributed by atoms with Gasteiger partial charge in [0, 0.05) is 18.8 Å². The van der Waals surface area contributed by atoms with Crippen molar-refractivity contribution in [2.24, 2.45) is 0 Å². The Morgan fingerprint density at radius 3 is 2.76 bits per heavy atom. The average molecular weight is 239 g/mol. The topological polar surface area (TPSA) is 29.5 Å². The number of esters is 1. The molecule has 0 aliphatic heterocycles. The van der Waals surface area contributed by atoms with Crippen molar-refractivity contribution in [1.82, 2.24) is 0 Å². The van der Waals surface area contributed by atoms with Crippen LogP contribution in [-0.2, 0) is 9.53 Å². The molecule has 1 rings (SSSR count). The quantitative estimate of drug-likeness (QED) is 0.715.